The highest BCUT2D eigenvalue weighted by Gasteiger charge is 2.16. The molecule has 9 heteroatoms. The lowest BCUT2D eigenvalue weighted by Crippen LogP contribution is -2.39. The maximum atomic E-state index is 6.12. The number of hydrogen-bond donors (Lipinski definition) is 1. The maximum Gasteiger partial charge on any atom is 0.194 e. The van der Waals surface area contributed by atoms with Crippen molar-refractivity contribution in [1.82, 2.24) is 19.8 Å². The normalized spacial score (nSPS) is 14.5. The van der Waals surface area contributed by atoms with Gasteiger partial charge in [-0.3, -0.25) is 0 Å². The molecule has 2 aromatic heterocycles. The van der Waals surface area contributed by atoms with E-state index in [4.69, 9.17) is 21.3 Å². The number of nitrogens with one attached hydrogen (secondary N) is 1. The fourth-order valence-corrected chi connectivity index (χ4v) is 3.56. The van der Waals surface area contributed by atoms with E-state index in [0.717, 1.165) is 67.5 Å². The second kappa shape index (κ2) is 11.6. The van der Waals surface area contributed by atoms with Crippen molar-refractivity contribution in [2.75, 3.05) is 44.8 Å². The molecule has 1 saturated heterocycles. The molecule has 29 heavy (non-hydrogen) atoms. The number of rotatable bonds is 6. The van der Waals surface area contributed by atoms with Crippen LogP contribution in [0.15, 0.2) is 35.6 Å². The second-order valence-corrected chi connectivity index (χ2v) is 7.31. The summed E-state index contributed by atoms with van der Waals surface area (Å²) in [5, 5.41) is 4.13. The van der Waals surface area contributed by atoms with Crippen molar-refractivity contribution in [3.05, 3.63) is 46.9 Å². The van der Waals surface area contributed by atoms with Crippen LogP contribution < -0.4 is 10.2 Å². The first kappa shape index (κ1) is 23.8. The fraction of sp³-hybridized carbons (Fsp3) is 0.500. The van der Waals surface area contributed by atoms with Crippen molar-refractivity contribution in [3.8, 4) is 0 Å². The highest BCUT2D eigenvalue weighted by molar-refractivity contribution is 14.0. The van der Waals surface area contributed by atoms with Crippen LogP contribution in [0.2, 0.25) is 5.02 Å². The van der Waals surface area contributed by atoms with Crippen LogP contribution in [-0.2, 0) is 24.9 Å². The van der Waals surface area contributed by atoms with Crippen LogP contribution in [0.1, 0.15) is 18.2 Å². The van der Waals surface area contributed by atoms with Crippen LogP contribution in [0.5, 0.6) is 0 Å². The molecule has 0 amide bonds. The van der Waals surface area contributed by atoms with Gasteiger partial charge in [-0.1, -0.05) is 17.7 Å². The van der Waals surface area contributed by atoms with Crippen molar-refractivity contribution in [2.24, 2.45) is 12.0 Å². The minimum Gasteiger partial charge on any atom is -0.378 e. The molecule has 7 nitrogen and oxygen atoms in total. The van der Waals surface area contributed by atoms with Crippen molar-refractivity contribution < 1.29 is 4.74 Å². The van der Waals surface area contributed by atoms with Crippen LogP contribution in [0.4, 0.5) is 5.82 Å². The van der Waals surface area contributed by atoms with Gasteiger partial charge in [-0.05, 0) is 19.1 Å². The van der Waals surface area contributed by atoms with Gasteiger partial charge in [-0.25, -0.2) is 9.98 Å². The lowest BCUT2D eigenvalue weighted by atomic mass is 10.2. The van der Waals surface area contributed by atoms with Crippen LogP contribution in [0.3, 0.4) is 0 Å². The van der Waals surface area contributed by atoms with E-state index in [1.165, 1.54) is 0 Å². The molecule has 0 bridgehead atoms. The molecule has 3 heterocycles. The highest BCUT2D eigenvalue weighted by atomic mass is 127. The van der Waals surface area contributed by atoms with Crippen molar-refractivity contribution >= 4 is 47.4 Å². The third-order valence-corrected chi connectivity index (χ3v) is 4.95. The molecule has 0 spiro atoms. The number of anilines is 1. The SMILES string of the molecule is CCNC(=NCc1cccnc1N1CCOCC1)N(C)Cc1cc(Cl)cn1C.I. The topological polar surface area (TPSA) is 57.9 Å². The molecule has 0 saturated carbocycles. The quantitative estimate of drug-likeness (QED) is 0.352. The monoisotopic (exact) mass is 532 g/mol. The van der Waals surface area contributed by atoms with Gasteiger partial charge in [0.2, 0.25) is 0 Å². The lowest BCUT2D eigenvalue weighted by Gasteiger charge is -2.29. The largest absolute Gasteiger partial charge is 0.378 e. The van der Waals surface area contributed by atoms with E-state index in [9.17, 15) is 0 Å². The first-order valence-electron chi connectivity index (χ1n) is 9.65. The second-order valence-electron chi connectivity index (χ2n) is 6.87. The number of morpholine rings is 1. The third-order valence-electron chi connectivity index (χ3n) is 4.75. The molecule has 3 rings (SSSR count). The molecule has 2 aromatic rings. The zero-order chi connectivity index (χ0) is 19.9. The van der Waals surface area contributed by atoms with E-state index in [1.807, 2.05) is 43.2 Å². The van der Waals surface area contributed by atoms with Gasteiger partial charge in [0.1, 0.15) is 5.82 Å². The van der Waals surface area contributed by atoms with Crippen molar-refractivity contribution in [2.45, 2.75) is 20.0 Å². The molecule has 1 fully saturated rings. The molecule has 0 aliphatic carbocycles. The Bertz CT molecular complexity index is 806. The first-order valence-corrected chi connectivity index (χ1v) is 10.0. The predicted molar refractivity (Wildman–Crippen MR) is 129 cm³/mol. The van der Waals surface area contributed by atoms with Crippen LogP contribution >= 0.6 is 35.6 Å². The van der Waals surface area contributed by atoms with Crippen molar-refractivity contribution in [1.29, 1.82) is 0 Å². The zero-order valence-corrected chi connectivity index (χ0v) is 20.4. The Hall–Kier alpha value is -1.52. The smallest absolute Gasteiger partial charge is 0.194 e. The number of ether oxygens (including phenoxy) is 1. The Morgan fingerprint density at radius 1 is 1.38 bits per heavy atom. The molecule has 0 radical (unpaired) electrons. The van der Waals surface area contributed by atoms with Crippen LogP contribution in [-0.4, -0.2) is 60.3 Å². The molecule has 1 aliphatic heterocycles. The minimum atomic E-state index is 0. The number of halogens is 2. The van der Waals surface area contributed by atoms with Crippen LogP contribution in [0, 0.1) is 0 Å². The summed E-state index contributed by atoms with van der Waals surface area (Å²) in [6, 6.07) is 6.05. The minimum absolute atomic E-state index is 0. The van der Waals surface area contributed by atoms with Gasteiger partial charge in [0.25, 0.3) is 0 Å². The van der Waals surface area contributed by atoms with Gasteiger partial charge < -0.3 is 24.4 Å². The van der Waals surface area contributed by atoms with Crippen molar-refractivity contribution in [3.63, 3.8) is 0 Å². The third kappa shape index (κ3) is 6.48. The summed E-state index contributed by atoms with van der Waals surface area (Å²) >= 11 is 6.12. The Kier molecular flexibility index (Phi) is 9.51. The Balaban J connectivity index is 0.00000300. The Morgan fingerprint density at radius 3 is 2.79 bits per heavy atom. The number of aliphatic imine (C=N–C) groups is 1. The zero-order valence-electron chi connectivity index (χ0n) is 17.3. The van der Waals surface area contributed by atoms with Gasteiger partial charge in [0, 0.05) is 57.4 Å². The number of hydrogen-bond acceptors (Lipinski definition) is 4. The summed E-state index contributed by atoms with van der Waals surface area (Å²) in [6.07, 6.45) is 3.76. The van der Waals surface area contributed by atoms with E-state index in [2.05, 4.69) is 33.1 Å². The summed E-state index contributed by atoms with van der Waals surface area (Å²) < 4.78 is 7.51. The molecular formula is C20H30ClIN6O. The number of nitrogens with zero attached hydrogens (tertiary/aromatic N) is 5. The number of aryl methyl sites for hydroxylation is 1. The molecule has 1 N–H and O–H groups in total. The summed E-state index contributed by atoms with van der Waals surface area (Å²) in [4.78, 5) is 13.9. The Morgan fingerprint density at radius 2 is 2.14 bits per heavy atom. The molecule has 160 valence electrons. The van der Waals surface area contributed by atoms with Gasteiger partial charge in [-0.15, -0.1) is 24.0 Å². The van der Waals surface area contributed by atoms with E-state index < -0.39 is 0 Å². The highest BCUT2D eigenvalue weighted by Crippen LogP contribution is 2.19. The van der Waals surface area contributed by atoms with Gasteiger partial charge in [-0.2, -0.15) is 0 Å². The van der Waals surface area contributed by atoms with Crippen LogP contribution in [0.25, 0.3) is 0 Å². The molecule has 0 aromatic carbocycles. The van der Waals surface area contributed by atoms with E-state index in [0.29, 0.717) is 6.54 Å². The van der Waals surface area contributed by atoms with Gasteiger partial charge >= 0.3 is 0 Å². The van der Waals surface area contributed by atoms with E-state index in [-0.39, 0.29) is 24.0 Å². The predicted octanol–water partition coefficient (Wildman–Crippen LogP) is 3.13. The summed E-state index contributed by atoms with van der Waals surface area (Å²) in [7, 11) is 4.04. The number of guanidine groups is 1. The maximum absolute atomic E-state index is 6.12. The van der Waals surface area contributed by atoms with E-state index >= 15 is 0 Å². The fourth-order valence-electron chi connectivity index (χ4n) is 3.28. The van der Waals surface area contributed by atoms with E-state index in [1.54, 1.807) is 0 Å². The lowest BCUT2D eigenvalue weighted by molar-refractivity contribution is 0.122. The molecule has 1 aliphatic rings. The summed E-state index contributed by atoms with van der Waals surface area (Å²) in [5.41, 5.74) is 2.25. The molecule has 0 atom stereocenters. The number of aromatic nitrogens is 2. The van der Waals surface area contributed by atoms with Gasteiger partial charge in [0.05, 0.1) is 31.3 Å². The number of pyridine rings is 1. The molecular weight excluding hydrogens is 503 g/mol. The molecule has 0 unspecified atom stereocenters. The van der Waals surface area contributed by atoms with Gasteiger partial charge in [0.15, 0.2) is 5.96 Å². The first-order chi connectivity index (χ1) is 13.6. The Labute approximate surface area is 195 Å². The summed E-state index contributed by atoms with van der Waals surface area (Å²) in [5.74, 6) is 1.86. The summed E-state index contributed by atoms with van der Waals surface area (Å²) in [6.45, 7) is 7.38. The standard InChI is InChI=1S/C20H29ClN6O.HI/c1-4-22-20(26(3)15-18-12-17(21)14-25(18)2)24-13-16-6-5-7-23-19(16)27-8-10-28-11-9-27;/h5-7,12,14H,4,8-11,13,15H2,1-3H3,(H,22,24);1H. The average Bonchev–Trinajstić information content (AvgIpc) is 3.02. The average molecular weight is 533 g/mol.